The summed E-state index contributed by atoms with van der Waals surface area (Å²) in [6, 6.07) is 10.0. The highest BCUT2D eigenvalue weighted by Gasteiger charge is 2.34. The van der Waals surface area contributed by atoms with E-state index in [1.807, 2.05) is 25.3 Å². The van der Waals surface area contributed by atoms with Gasteiger partial charge in [0.2, 0.25) is 10.0 Å². The van der Waals surface area contributed by atoms with E-state index in [9.17, 15) is 21.6 Å². The smallest absolute Gasteiger partial charge is 0.361 e. The average Bonchev–Trinajstić information content (AvgIpc) is 3.13. The molecule has 1 aliphatic rings. The maximum absolute atomic E-state index is 13.0. The molecule has 4 rings (SSSR count). The van der Waals surface area contributed by atoms with E-state index >= 15 is 0 Å². The van der Waals surface area contributed by atoms with Crippen molar-refractivity contribution < 1.29 is 21.6 Å². The van der Waals surface area contributed by atoms with Gasteiger partial charge in [0.25, 0.3) is 0 Å². The van der Waals surface area contributed by atoms with Crippen molar-refractivity contribution in [1.82, 2.24) is 9.29 Å². The first-order chi connectivity index (χ1) is 13.7. The van der Waals surface area contributed by atoms with Crippen LogP contribution >= 0.6 is 0 Å². The SMILES string of the molecule is Cc1cccc2c(C3CCN(S(=O)(=O)c4cccc(C(F)(F)F)c4)CC3)c[nH]c12. The molecule has 4 nitrogen and oxygen atoms in total. The standard InChI is InChI=1S/C21H21F3N2O2S/c1-14-4-2-7-18-19(13-25-20(14)18)15-8-10-26(11-9-15)29(27,28)17-6-3-5-16(12-17)21(22,23)24/h2-7,12-13,15,25H,8-11H2,1H3. The molecular weight excluding hydrogens is 401 g/mol. The summed E-state index contributed by atoms with van der Waals surface area (Å²) < 4.78 is 65.9. The molecule has 1 aromatic heterocycles. The Bertz CT molecular complexity index is 1140. The third-order valence-electron chi connectivity index (χ3n) is 5.65. The number of benzene rings is 2. The quantitative estimate of drug-likeness (QED) is 0.641. The molecule has 1 N–H and O–H groups in total. The number of fused-ring (bicyclic) bond motifs is 1. The van der Waals surface area contributed by atoms with Gasteiger partial charge in [-0.05, 0) is 55.0 Å². The summed E-state index contributed by atoms with van der Waals surface area (Å²) in [6.07, 6.45) is -1.34. The summed E-state index contributed by atoms with van der Waals surface area (Å²) in [7, 11) is -3.96. The van der Waals surface area contributed by atoms with Gasteiger partial charge in [-0.2, -0.15) is 17.5 Å². The lowest BCUT2D eigenvalue weighted by Gasteiger charge is -2.31. The van der Waals surface area contributed by atoms with Gasteiger partial charge in [0.1, 0.15) is 0 Å². The van der Waals surface area contributed by atoms with Crippen LogP contribution in [0.5, 0.6) is 0 Å². The highest BCUT2D eigenvalue weighted by atomic mass is 32.2. The van der Waals surface area contributed by atoms with Gasteiger partial charge in [0.15, 0.2) is 0 Å². The first-order valence-electron chi connectivity index (χ1n) is 9.42. The molecule has 0 aliphatic carbocycles. The van der Waals surface area contributed by atoms with Crippen LogP contribution in [0.3, 0.4) is 0 Å². The van der Waals surface area contributed by atoms with E-state index in [-0.39, 0.29) is 23.9 Å². The number of nitrogens with one attached hydrogen (secondary N) is 1. The molecule has 1 aliphatic heterocycles. The van der Waals surface area contributed by atoms with Crippen LogP contribution in [-0.2, 0) is 16.2 Å². The van der Waals surface area contributed by atoms with E-state index < -0.39 is 21.8 Å². The largest absolute Gasteiger partial charge is 0.416 e. The fourth-order valence-corrected chi connectivity index (χ4v) is 5.57. The number of aryl methyl sites for hydroxylation is 1. The van der Waals surface area contributed by atoms with Gasteiger partial charge in [-0.15, -0.1) is 0 Å². The zero-order valence-electron chi connectivity index (χ0n) is 15.8. The molecule has 0 saturated carbocycles. The van der Waals surface area contributed by atoms with Crippen LogP contribution in [0.4, 0.5) is 13.2 Å². The van der Waals surface area contributed by atoms with E-state index in [1.54, 1.807) is 0 Å². The fraction of sp³-hybridized carbons (Fsp3) is 0.333. The zero-order chi connectivity index (χ0) is 20.8. The molecule has 8 heteroatoms. The van der Waals surface area contributed by atoms with Crippen molar-refractivity contribution in [2.75, 3.05) is 13.1 Å². The number of aromatic amines is 1. The number of hydrogen-bond acceptors (Lipinski definition) is 2. The van der Waals surface area contributed by atoms with Crippen LogP contribution in [0.15, 0.2) is 53.6 Å². The summed E-state index contributed by atoms with van der Waals surface area (Å²) in [4.78, 5) is 2.99. The van der Waals surface area contributed by atoms with Gasteiger partial charge in [-0.25, -0.2) is 8.42 Å². The molecule has 3 aromatic rings. The average molecular weight is 422 g/mol. The molecular formula is C21H21F3N2O2S. The molecule has 0 spiro atoms. The minimum Gasteiger partial charge on any atom is -0.361 e. The predicted octanol–water partition coefficient (Wildman–Crippen LogP) is 5.06. The number of rotatable bonds is 3. The molecule has 0 bridgehead atoms. The number of aromatic nitrogens is 1. The molecule has 2 aromatic carbocycles. The number of sulfonamides is 1. The second-order valence-electron chi connectivity index (χ2n) is 7.45. The minimum atomic E-state index is -4.58. The van der Waals surface area contributed by atoms with E-state index in [0.717, 1.165) is 28.6 Å². The molecule has 0 radical (unpaired) electrons. The zero-order valence-corrected chi connectivity index (χ0v) is 16.6. The Labute approximate surface area is 167 Å². The van der Waals surface area contributed by atoms with Gasteiger partial charge in [-0.1, -0.05) is 24.3 Å². The van der Waals surface area contributed by atoms with Crippen molar-refractivity contribution >= 4 is 20.9 Å². The van der Waals surface area contributed by atoms with Crippen LogP contribution in [0.1, 0.15) is 35.4 Å². The lowest BCUT2D eigenvalue weighted by molar-refractivity contribution is -0.137. The first-order valence-corrected chi connectivity index (χ1v) is 10.9. The Morgan fingerprint density at radius 3 is 2.45 bits per heavy atom. The van der Waals surface area contributed by atoms with Crippen molar-refractivity contribution in [2.45, 2.75) is 36.8 Å². The Morgan fingerprint density at radius 1 is 1.07 bits per heavy atom. The number of hydrogen-bond donors (Lipinski definition) is 1. The summed E-state index contributed by atoms with van der Waals surface area (Å²) in [5, 5.41) is 1.14. The highest BCUT2D eigenvalue weighted by molar-refractivity contribution is 7.89. The molecule has 1 saturated heterocycles. The third kappa shape index (κ3) is 3.67. The Morgan fingerprint density at radius 2 is 1.76 bits per heavy atom. The Hall–Kier alpha value is -2.32. The molecule has 154 valence electrons. The number of para-hydroxylation sites is 1. The number of nitrogens with zero attached hydrogens (tertiary/aromatic N) is 1. The van der Waals surface area contributed by atoms with E-state index in [2.05, 4.69) is 11.1 Å². The van der Waals surface area contributed by atoms with Crippen molar-refractivity contribution in [3.05, 3.63) is 65.4 Å². The van der Waals surface area contributed by atoms with Crippen molar-refractivity contribution in [3.8, 4) is 0 Å². The Balaban J connectivity index is 1.54. The van der Waals surface area contributed by atoms with Crippen LogP contribution < -0.4 is 0 Å². The van der Waals surface area contributed by atoms with Gasteiger partial charge in [0.05, 0.1) is 10.5 Å². The fourth-order valence-electron chi connectivity index (χ4n) is 4.05. The molecule has 29 heavy (non-hydrogen) atoms. The Kier molecular flexibility index (Phi) is 4.94. The number of halogens is 3. The highest BCUT2D eigenvalue weighted by Crippen LogP contribution is 2.36. The normalized spacial score (nSPS) is 17.1. The molecule has 0 unspecified atom stereocenters. The van der Waals surface area contributed by atoms with E-state index in [0.29, 0.717) is 18.9 Å². The number of alkyl halides is 3. The molecule has 2 heterocycles. The molecule has 0 atom stereocenters. The van der Waals surface area contributed by atoms with E-state index in [4.69, 9.17) is 0 Å². The second kappa shape index (κ2) is 7.18. The van der Waals surface area contributed by atoms with Crippen LogP contribution in [0.25, 0.3) is 10.9 Å². The maximum atomic E-state index is 13.0. The van der Waals surface area contributed by atoms with E-state index in [1.165, 1.54) is 15.9 Å². The molecule has 0 amide bonds. The van der Waals surface area contributed by atoms with Crippen LogP contribution in [0.2, 0.25) is 0 Å². The predicted molar refractivity (Wildman–Crippen MR) is 105 cm³/mol. The summed E-state index contributed by atoms with van der Waals surface area (Å²) in [6.45, 7) is 2.59. The lowest BCUT2D eigenvalue weighted by atomic mass is 9.90. The van der Waals surface area contributed by atoms with Gasteiger partial charge in [0, 0.05) is 30.2 Å². The van der Waals surface area contributed by atoms with Gasteiger partial charge < -0.3 is 4.98 Å². The van der Waals surface area contributed by atoms with Crippen molar-refractivity contribution in [3.63, 3.8) is 0 Å². The number of piperidine rings is 1. The van der Waals surface area contributed by atoms with Crippen molar-refractivity contribution in [1.29, 1.82) is 0 Å². The monoisotopic (exact) mass is 422 g/mol. The van der Waals surface area contributed by atoms with Crippen LogP contribution in [0, 0.1) is 6.92 Å². The summed E-state index contributed by atoms with van der Waals surface area (Å²) in [5.41, 5.74) is 2.45. The lowest BCUT2D eigenvalue weighted by Crippen LogP contribution is -2.38. The summed E-state index contributed by atoms with van der Waals surface area (Å²) >= 11 is 0. The molecule has 1 fully saturated rings. The van der Waals surface area contributed by atoms with Crippen molar-refractivity contribution in [2.24, 2.45) is 0 Å². The second-order valence-corrected chi connectivity index (χ2v) is 9.38. The summed E-state index contributed by atoms with van der Waals surface area (Å²) in [5.74, 6) is 0.207. The number of H-pyrrole nitrogens is 1. The minimum absolute atomic E-state index is 0.207. The van der Waals surface area contributed by atoms with Gasteiger partial charge >= 0.3 is 6.18 Å². The van der Waals surface area contributed by atoms with Gasteiger partial charge in [-0.3, -0.25) is 0 Å². The topological polar surface area (TPSA) is 53.2 Å². The first kappa shape index (κ1) is 20.0. The van der Waals surface area contributed by atoms with Crippen LogP contribution in [-0.4, -0.2) is 30.8 Å². The maximum Gasteiger partial charge on any atom is 0.416 e. The third-order valence-corrected chi connectivity index (χ3v) is 7.54.